The summed E-state index contributed by atoms with van der Waals surface area (Å²) in [6, 6.07) is 6.62. The molecule has 19 heavy (non-hydrogen) atoms. The highest BCUT2D eigenvalue weighted by atomic mass is 19.1. The normalized spacial score (nSPS) is 20.2. The van der Waals surface area contributed by atoms with E-state index in [4.69, 9.17) is 0 Å². The van der Waals surface area contributed by atoms with E-state index in [-0.39, 0.29) is 5.82 Å². The van der Waals surface area contributed by atoms with E-state index in [0.717, 1.165) is 0 Å². The molecule has 1 aliphatic carbocycles. The summed E-state index contributed by atoms with van der Waals surface area (Å²) in [7, 11) is 0. The van der Waals surface area contributed by atoms with E-state index in [9.17, 15) is 9.50 Å². The summed E-state index contributed by atoms with van der Waals surface area (Å²) >= 11 is 0. The van der Waals surface area contributed by atoms with Crippen molar-refractivity contribution in [1.82, 2.24) is 5.32 Å². The predicted molar refractivity (Wildman–Crippen MR) is 75.4 cm³/mol. The minimum Gasteiger partial charge on any atom is -0.387 e. The molecule has 0 amide bonds. The van der Waals surface area contributed by atoms with Gasteiger partial charge in [0, 0.05) is 12.6 Å². The number of rotatable bonds is 5. The Labute approximate surface area is 115 Å². The van der Waals surface area contributed by atoms with Gasteiger partial charge in [0.05, 0.1) is 6.10 Å². The van der Waals surface area contributed by atoms with Gasteiger partial charge in [0.15, 0.2) is 0 Å². The van der Waals surface area contributed by atoms with E-state index >= 15 is 0 Å². The quantitative estimate of drug-likeness (QED) is 0.855. The van der Waals surface area contributed by atoms with Crippen LogP contribution < -0.4 is 5.32 Å². The second-order valence-electron chi connectivity index (χ2n) is 5.67. The first-order chi connectivity index (χ1) is 9.16. The zero-order valence-electron chi connectivity index (χ0n) is 11.6. The van der Waals surface area contributed by atoms with Gasteiger partial charge in [-0.1, -0.05) is 31.4 Å². The second kappa shape index (κ2) is 7.01. The van der Waals surface area contributed by atoms with Crippen molar-refractivity contribution in [2.24, 2.45) is 5.92 Å². The molecule has 106 valence electrons. The minimum atomic E-state index is -0.637. The average molecular weight is 265 g/mol. The summed E-state index contributed by atoms with van der Waals surface area (Å²) in [5.74, 6) is 0.422. The molecule has 2 N–H and O–H groups in total. The Morgan fingerprint density at radius 1 is 1.32 bits per heavy atom. The van der Waals surface area contributed by atoms with Gasteiger partial charge < -0.3 is 10.4 Å². The molecule has 3 heteroatoms. The van der Waals surface area contributed by atoms with Crippen LogP contribution in [0.25, 0.3) is 0 Å². The molecule has 0 saturated heterocycles. The molecule has 0 radical (unpaired) electrons. The molecule has 1 aliphatic rings. The zero-order valence-corrected chi connectivity index (χ0v) is 11.6. The molecule has 0 aromatic heterocycles. The first-order valence-corrected chi connectivity index (χ1v) is 7.33. The topological polar surface area (TPSA) is 32.3 Å². The lowest BCUT2D eigenvalue weighted by Crippen LogP contribution is -2.37. The maximum atomic E-state index is 13.1. The lowest BCUT2D eigenvalue weighted by Gasteiger charge is -2.29. The molecular weight excluding hydrogens is 241 g/mol. The standard InChI is InChI=1S/C16H24FNO/c1-12(13-6-3-2-4-7-13)18-11-16(19)14-8-5-9-15(17)10-14/h5,8-10,12-13,16,18-19H,2-4,6-7,11H2,1H3. The van der Waals surface area contributed by atoms with Gasteiger partial charge in [-0.25, -0.2) is 4.39 Å². The molecule has 0 spiro atoms. The van der Waals surface area contributed by atoms with Crippen molar-refractivity contribution in [2.45, 2.75) is 51.2 Å². The van der Waals surface area contributed by atoms with Crippen LogP contribution in [-0.4, -0.2) is 17.7 Å². The van der Waals surface area contributed by atoms with E-state index in [2.05, 4.69) is 12.2 Å². The highest BCUT2D eigenvalue weighted by Crippen LogP contribution is 2.26. The summed E-state index contributed by atoms with van der Waals surface area (Å²) < 4.78 is 13.1. The maximum absolute atomic E-state index is 13.1. The molecule has 0 aliphatic heterocycles. The van der Waals surface area contributed by atoms with E-state index in [1.165, 1.54) is 44.2 Å². The van der Waals surface area contributed by atoms with E-state index in [1.807, 2.05) is 0 Å². The molecule has 0 heterocycles. The van der Waals surface area contributed by atoms with Gasteiger partial charge in [-0.2, -0.15) is 0 Å². The van der Waals surface area contributed by atoms with Crippen LogP contribution in [-0.2, 0) is 0 Å². The lowest BCUT2D eigenvalue weighted by atomic mass is 9.84. The monoisotopic (exact) mass is 265 g/mol. The fourth-order valence-corrected chi connectivity index (χ4v) is 2.93. The molecule has 1 aromatic rings. The van der Waals surface area contributed by atoms with Crippen LogP contribution in [0.5, 0.6) is 0 Å². The van der Waals surface area contributed by atoms with Crippen LogP contribution in [0.3, 0.4) is 0 Å². The molecule has 1 saturated carbocycles. The SMILES string of the molecule is CC(NCC(O)c1cccc(F)c1)C1CCCCC1. The Hall–Kier alpha value is -0.930. The van der Waals surface area contributed by atoms with Gasteiger partial charge in [-0.3, -0.25) is 0 Å². The maximum Gasteiger partial charge on any atom is 0.123 e. The second-order valence-corrected chi connectivity index (χ2v) is 5.67. The van der Waals surface area contributed by atoms with Crippen molar-refractivity contribution in [2.75, 3.05) is 6.54 Å². The largest absolute Gasteiger partial charge is 0.387 e. The zero-order chi connectivity index (χ0) is 13.7. The first kappa shape index (κ1) is 14.5. The van der Waals surface area contributed by atoms with Crippen molar-refractivity contribution in [1.29, 1.82) is 0 Å². The minimum absolute atomic E-state index is 0.295. The molecule has 2 rings (SSSR count). The van der Waals surface area contributed by atoms with Crippen molar-refractivity contribution in [3.63, 3.8) is 0 Å². The molecule has 2 atom stereocenters. The van der Waals surface area contributed by atoms with Crippen molar-refractivity contribution >= 4 is 0 Å². The van der Waals surface area contributed by atoms with Crippen LogP contribution >= 0.6 is 0 Å². The number of aliphatic hydroxyl groups is 1. The Balaban J connectivity index is 1.80. The number of hydrogen-bond donors (Lipinski definition) is 2. The van der Waals surface area contributed by atoms with Crippen LogP contribution in [0, 0.1) is 11.7 Å². The Kier molecular flexibility index (Phi) is 5.34. The van der Waals surface area contributed by atoms with E-state index < -0.39 is 6.10 Å². The molecule has 2 nitrogen and oxygen atoms in total. The van der Waals surface area contributed by atoms with Gasteiger partial charge in [-0.05, 0) is 43.4 Å². The molecule has 1 aromatic carbocycles. The number of nitrogens with one attached hydrogen (secondary N) is 1. The van der Waals surface area contributed by atoms with Crippen LogP contribution in [0.1, 0.15) is 50.7 Å². The number of benzene rings is 1. The first-order valence-electron chi connectivity index (χ1n) is 7.33. The highest BCUT2D eigenvalue weighted by Gasteiger charge is 2.20. The lowest BCUT2D eigenvalue weighted by molar-refractivity contribution is 0.160. The van der Waals surface area contributed by atoms with Gasteiger partial charge in [0.1, 0.15) is 5.82 Å². The van der Waals surface area contributed by atoms with Crippen molar-refractivity contribution in [3.8, 4) is 0 Å². The fourth-order valence-electron chi connectivity index (χ4n) is 2.93. The van der Waals surface area contributed by atoms with E-state index in [0.29, 0.717) is 24.1 Å². The Morgan fingerprint density at radius 3 is 2.74 bits per heavy atom. The van der Waals surface area contributed by atoms with Gasteiger partial charge in [0.2, 0.25) is 0 Å². The van der Waals surface area contributed by atoms with E-state index in [1.54, 1.807) is 12.1 Å². The predicted octanol–water partition coefficient (Wildman–Crippen LogP) is 3.42. The van der Waals surface area contributed by atoms with Gasteiger partial charge in [-0.15, -0.1) is 0 Å². The summed E-state index contributed by atoms with van der Waals surface area (Å²) in [5.41, 5.74) is 0.642. The van der Waals surface area contributed by atoms with Crippen LogP contribution in [0.15, 0.2) is 24.3 Å². The Morgan fingerprint density at radius 2 is 2.05 bits per heavy atom. The highest BCUT2D eigenvalue weighted by molar-refractivity contribution is 5.18. The summed E-state index contributed by atoms with van der Waals surface area (Å²) in [6.45, 7) is 2.68. The number of aliphatic hydroxyl groups excluding tert-OH is 1. The van der Waals surface area contributed by atoms with Crippen LogP contribution in [0.4, 0.5) is 4.39 Å². The fraction of sp³-hybridized carbons (Fsp3) is 0.625. The summed E-state index contributed by atoms with van der Waals surface area (Å²) in [4.78, 5) is 0. The van der Waals surface area contributed by atoms with Gasteiger partial charge in [0.25, 0.3) is 0 Å². The third kappa shape index (κ3) is 4.29. The number of hydrogen-bond acceptors (Lipinski definition) is 2. The molecule has 0 bridgehead atoms. The van der Waals surface area contributed by atoms with Gasteiger partial charge >= 0.3 is 0 Å². The molecule has 2 unspecified atom stereocenters. The smallest absolute Gasteiger partial charge is 0.123 e. The van der Waals surface area contributed by atoms with Crippen molar-refractivity contribution in [3.05, 3.63) is 35.6 Å². The van der Waals surface area contributed by atoms with Crippen LogP contribution in [0.2, 0.25) is 0 Å². The molecular formula is C16H24FNO. The third-order valence-corrected chi connectivity index (χ3v) is 4.22. The summed E-state index contributed by atoms with van der Waals surface area (Å²) in [6.07, 6.45) is 5.93. The van der Waals surface area contributed by atoms with Crippen molar-refractivity contribution < 1.29 is 9.50 Å². The number of halogens is 1. The third-order valence-electron chi connectivity index (χ3n) is 4.22. The average Bonchev–Trinajstić information content (AvgIpc) is 2.45. The molecule has 1 fully saturated rings. The summed E-state index contributed by atoms with van der Waals surface area (Å²) in [5, 5.41) is 13.5. The Bertz CT molecular complexity index is 390.